The van der Waals surface area contributed by atoms with E-state index in [-0.39, 0.29) is 23.9 Å². The van der Waals surface area contributed by atoms with E-state index in [1.54, 1.807) is 4.31 Å². The van der Waals surface area contributed by atoms with Crippen LogP contribution in [-0.4, -0.2) is 49.1 Å². The normalized spacial score (nSPS) is 28.6. The summed E-state index contributed by atoms with van der Waals surface area (Å²) in [5.74, 6) is 0.375. The quantitative estimate of drug-likeness (QED) is 0.738. The Hall–Kier alpha value is 0.350. The van der Waals surface area contributed by atoms with Crippen molar-refractivity contribution in [1.82, 2.24) is 4.31 Å². The summed E-state index contributed by atoms with van der Waals surface area (Å²) in [4.78, 5) is 0. The van der Waals surface area contributed by atoms with Gasteiger partial charge in [-0.25, -0.2) is 8.42 Å². The standard InChI is InChI=1S/C10H20BrNO3S/c1-8(2)7-16(13,14)12-5-9(3)15-10(4-11)6-12/h8-10H,4-7H2,1-3H3. The molecule has 0 N–H and O–H groups in total. The van der Waals surface area contributed by atoms with Crippen LogP contribution in [0, 0.1) is 5.92 Å². The largest absolute Gasteiger partial charge is 0.372 e. The van der Waals surface area contributed by atoms with Crippen molar-refractivity contribution in [3.05, 3.63) is 0 Å². The van der Waals surface area contributed by atoms with Gasteiger partial charge in [-0.1, -0.05) is 29.8 Å². The van der Waals surface area contributed by atoms with Crippen molar-refractivity contribution in [2.45, 2.75) is 33.0 Å². The van der Waals surface area contributed by atoms with Gasteiger partial charge in [-0.2, -0.15) is 4.31 Å². The van der Waals surface area contributed by atoms with Gasteiger partial charge in [0.05, 0.1) is 18.0 Å². The van der Waals surface area contributed by atoms with Gasteiger partial charge in [0.1, 0.15) is 0 Å². The summed E-state index contributed by atoms with van der Waals surface area (Å²) in [5, 5.41) is 0.672. The first-order chi connectivity index (χ1) is 7.35. The molecule has 0 spiro atoms. The van der Waals surface area contributed by atoms with Crippen LogP contribution < -0.4 is 0 Å². The molecule has 0 bridgehead atoms. The van der Waals surface area contributed by atoms with E-state index in [4.69, 9.17) is 4.74 Å². The van der Waals surface area contributed by atoms with Crippen molar-refractivity contribution in [3.8, 4) is 0 Å². The molecule has 0 aromatic carbocycles. The van der Waals surface area contributed by atoms with E-state index in [9.17, 15) is 8.42 Å². The predicted octanol–water partition coefficient (Wildman–Crippen LogP) is 1.46. The molecule has 1 aliphatic rings. The zero-order valence-electron chi connectivity index (χ0n) is 10.0. The third-order valence-corrected chi connectivity index (χ3v) is 5.30. The van der Waals surface area contributed by atoms with Gasteiger partial charge in [0.15, 0.2) is 0 Å². The summed E-state index contributed by atoms with van der Waals surface area (Å²) in [6.45, 7) is 6.68. The van der Waals surface area contributed by atoms with Gasteiger partial charge in [0, 0.05) is 18.4 Å². The van der Waals surface area contributed by atoms with Crippen LogP contribution in [0.3, 0.4) is 0 Å². The lowest BCUT2D eigenvalue weighted by Gasteiger charge is -2.35. The van der Waals surface area contributed by atoms with Gasteiger partial charge in [-0.05, 0) is 12.8 Å². The Kier molecular flexibility index (Phi) is 5.22. The molecule has 1 rings (SSSR count). The van der Waals surface area contributed by atoms with Gasteiger partial charge in [-0.15, -0.1) is 0 Å². The second kappa shape index (κ2) is 5.80. The van der Waals surface area contributed by atoms with E-state index >= 15 is 0 Å². The molecule has 2 unspecified atom stereocenters. The van der Waals surface area contributed by atoms with Crippen molar-refractivity contribution in [2.75, 3.05) is 24.2 Å². The molecular weight excluding hydrogens is 294 g/mol. The summed E-state index contributed by atoms with van der Waals surface area (Å²) >= 11 is 3.34. The SMILES string of the molecule is CC(C)CS(=O)(=O)N1CC(C)OC(CBr)C1. The molecule has 0 aromatic heterocycles. The van der Waals surface area contributed by atoms with Gasteiger partial charge >= 0.3 is 0 Å². The van der Waals surface area contributed by atoms with E-state index in [2.05, 4.69) is 15.9 Å². The molecule has 0 amide bonds. The van der Waals surface area contributed by atoms with Crippen LogP contribution >= 0.6 is 15.9 Å². The van der Waals surface area contributed by atoms with Crippen LogP contribution in [0.2, 0.25) is 0 Å². The van der Waals surface area contributed by atoms with Crippen molar-refractivity contribution >= 4 is 26.0 Å². The monoisotopic (exact) mass is 313 g/mol. The van der Waals surface area contributed by atoms with Crippen molar-refractivity contribution in [1.29, 1.82) is 0 Å². The highest BCUT2D eigenvalue weighted by Crippen LogP contribution is 2.17. The Labute approximate surface area is 107 Å². The minimum Gasteiger partial charge on any atom is -0.372 e. The van der Waals surface area contributed by atoms with E-state index in [1.807, 2.05) is 20.8 Å². The zero-order valence-corrected chi connectivity index (χ0v) is 12.4. The average molecular weight is 314 g/mol. The number of rotatable bonds is 4. The molecule has 1 aliphatic heterocycles. The first kappa shape index (κ1) is 14.4. The maximum Gasteiger partial charge on any atom is 0.214 e. The Morgan fingerprint density at radius 3 is 2.56 bits per heavy atom. The Morgan fingerprint density at radius 2 is 2.06 bits per heavy atom. The van der Waals surface area contributed by atoms with E-state index in [1.165, 1.54) is 0 Å². The van der Waals surface area contributed by atoms with Crippen molar-refractivity contribution in [2.24, 2.45) is 5.92 Å². The molecule has 0 saturated carbocycles. The van der Waals surface area contributed by atoms with E-state index in [0.717, 1.165) is 0 Å². The molecule has 4 nitrogen and oxygen atoms in total. The van der Waals surface area contributed by atoms with Crippen LogP contribution in [0.4, 0.5) is 0 Å². The summed E-state index contributed by atoms with van der Waals surface area (Å²) in [6, 6.07) is 0. The molecule has 6 heteroatoms. The summed E-state index contributed by atoms with van der Waals surface area (Å²) < 4.78 is 31.3. The highest BCUT2D eigenvalue weighted by atomic mass is 79.9. The number of nitrogens with zero attached hydrogens (tertiary/aromatic N) is 1. The lowest BCUT2D eigenvalue weighted by atomic mass is 10.3. The fourth-order valence-corrected chi connectivity index (χ4v) is 4.08. The number of ether oxygens (including phenoxy) is 1. The van der Waals surface area contributed by atoms with Gasteiger partial charge in [0.2, 0.25) is 10.0 Å². The second-order valence-corrected chi connectivity index (χ2v) is 7.37. The Morgan fingerprint density at radius 1 is 1.44 bits per heavy atom. The van der Waals surface area contributed by atoms with Crippen LogP contribution in [0.15, 0.2) is 0 Å². The van der Waals surface area contributed by atoms with E-state index < -0.39 is 10.0 Å². The molecule has 1 saturated heterocycles. The van der Waals surface area contributed by atoms with Crippen LogP contribution in [0.25, 0.3) is 0 Å². The third kappa shape index (κ3) is 3.98. The lowest BCUT2D eigenvalue weighted by molar-refractivity contribution is -0.0411. The smallest absolute Gasteiger partial charge is 0.214 e. The first-order valence-corrected chi connectivity index (χ1v) is 8.27. The highest BCUT2D eigenvalue weighted by molar-refractivity contribution is 9.09. The van der Waals surface area contributed by atoms with Crippen LogP contribution in [-0.2, 0) is 14.8 Å². The molecule has 1 heterocycles. The Bertz CT molecular complexity index is 318. The molecule has 2 atom stereocenters. The molecule has 0 aromatic rings. The number of halogens is 1. The van der Waals surface area contributed by atoms with Gasteiger partial charge < -0.3 is 4.74 Å². The molecule has 1 fully saturated rings. The number of morpholine rings is 1. The number of hydrogen-bond donors (Lipinski definition) is 0. The average Bonchev–Trinajstić information content (AvgIpc) is 2.14. The predicted molar refractivity (Wildman–Crippen MR) is 68.3 cm³/mol. The summed E-state index contributed by atoms with van der Waals surface area (Å²) in [7, 11) is -3.13. The molecule has 96 valence electrons. The number of hydrogen-bond acceptors (Lipinski definition) is 3. The molecular formula is C10H20BrNO3S. The third-order valence-electron chi connectivity index (χ3n) is 2.40. The second-order valence-electron chi connectivity index (χ2n) is 4.71. The zero-order chi connectivity index (χ0) is 12.3. The molecule has 0 radical (unpaired) electrons. The number of alkyl halides is 1. The highest BCUT2D eigenvalue weighted by Gasteiger charge is 2.32. The van der Waals surface area contributed by atoms with Crippen LogP contribution in [0.1, 0.15) is 20.8 Å². The Balaban J connectivity index is 2.71. The maximum atomic E-state index is 12.1. The topological polar surface area (TPSA) is 46.6 Å². The van der Waals surface area contributed by atoms with E-state index in [0.29, 0.717) is 18.4 Å². The molecule has 16 heavy (non-hydrogen) atoms. The lowest BCUT2D eigenvalue weighted by Crippen LogP contribution is -2.50. The minimum atomic E-state index is -3.13. The fraction of sp³-hybridized carbons (Fsp3) is 1.00. The minimum absolute atomic E-state index is 0.0294. The fourth-order valence-electron chi connectivity index (χ4n) is 1.84. The summed E-state index contributed by atoms with van der Waals surface area (Å²) in [6.07, 6.45) is -0.0658. The first-order valence-electron chi connectivity index (χ1n) is 5.54. The van der Waals surface area contributed by atoms with Crippen molar-refractivity contribution < 1.29 is 13.2 Å². The van der Waals surface area contributed by atoms with Crippen LogP contribution in [0.5, 0.6) is 0 Å². The van der Waals surface area contributed by atoms with Crippen molar-refractivity contribution in [3.63, 3.8) is 0 Å². The number of sulfonamides is 1. The molecule has 0 aliphatic carbocycles. The summed E-state index contributed by atoms with van der Waals surface area (Å²) in [5.41, 5.74) is 0. The van der Waals surface area contributed by atoms with Gasteiger partial charge in [-0.3, -0.25) is 0 Å². The van der Waals surface area contributed by atoms with Gasteiger partial charge in [0.25, 0.3) is 0 Å². The maximum absolute atomic E-state index is 12.1.